The SMILES string of the molecule is CN(Cc1ccc(F)cc1)C(=O)COC(=O)c1ccc(Cl)c(S(N)(=O)=O)c1. The number of nitrogens with two attached hydrogens (primary N) is 1. The van der Waals surface area contributed by atoms with Gasteiger partial charge in [0.25, 0.3) is 5.91 Å². The molecule has 0 aliphatic heterocycles. The smallest absolute Gasteiger partial charge is 0.338 e. The number of halogens is 2. The third-order valence-corrected chi connectivity index (χ3v) is 4.95. The number of primary sulfonamides is 1. The lowest BCUT2D eigenvalue weighted by atomic mass is 10.2. The van der Waals surface area contributed by atoms with Gasteiger partial charge in [0, 0.05) is 13.6 Å². The molecule has 0 atom stereocenters. The molecule has 144 valence electrons. The van der Waals surface area contributed by atoms with Gasteiger partial charge in [0.05, 0.1) is 10.6 Å². The third-order valence-electron chi connectivity index (χ3n) is 3.56. The van der Waals surface area contributed by atoms with E-state index >= 15 is 0 Å². The van der Waals surface area contributed by atoms with Crippen LogP contribution in [0.15, 0.2) is 47.4 Å². The van der Waals surface area contributed by atoms with Gasteiger partial charge in [0.1, 0.15) is 10.7 Å². The summed E-state index contributed by atoms with van der Waals surface area (Å²) < 4.78 is 40.7. The zero-order valence-electron chi connectivity index (χ0n) is 14.2. The van der Waals surface area contributed by atoms with Gasteiger partial charge in [-0.2, -0.15) is 0 Å². The lowest BCUT2D eigenvalue weighted by Gasteiger charge is -2.17. The molecule has 10 heteroatoms. The molecule has 0 spiro atoms. The van der Waals surface area contributed by atoms with E-state index in [1.54, 1.807) is 0 Å². The van der Waals surface area contributed by atoms with Crippen LogP contribution in [0.4, 0.5) is 4.39 Å². The number of benzene rings is 2. The van der Waals surface area contributed by atoms with E-state index in [2.05, 4.69) is 0 Å². The molecule has 1 amide bonds. The van der Waals surface area contributed by atoms with Gasteiger partial charge < -0.3 is 9.64 Å². The molecule has 2 rings (SSSR count). The van der Waals surface area contributed by atoms with Crippen LogP contribution in [0, 0.1) is 5.82 Å². The number of carbonyl (C=O) groups excluding carboxylic acids is 2. The summed E-state index contributed by atoms with van der Waals surface area (Å²) in [6.45, 7) is -0.350. The Kier molecular flexibility index (Phi) is 6.53. The molecule has 7 nitrogen and oxygen atoms in total. The predicted octanol–water partition coefficient (Wildman–Crippen LogP) is 1.94. The highest BCUT2D eigenvalue weighted by Gasteiger charge is 2.18. The number of nitrogens with zero attached hydrogens (tertiary/aromatic N) is 1. The first-order chi connectivity index (χ1) is 12.6. The molecule has 0 unspecified atom stereocenters. The van der Waals surface area contributed by atoms with Crippen molar-refractivity contribution in [3.05, 3.63) is 64.4 Å². The zero-order chi connectivity index (χ0) is 20.2. The lowest BCUT2D eigenvalue weighted by Crippen LogP contribution is -2.30. The van der Waals surface area contributed by atoms with Crippen LogP contribution >= 0.6 is 11.6 Å². The van der Waals surface area contributed by atoms with E-state index in [1.165, 1.54) is 48.3 Å². The van der Waals surface area contributed by atoms with E-state index in [4.69, 9.17) is 21.5 Å². The van der Waals surface area contributed by atoms with Crippen LogP contribution in [0.1, 0.15) is 15.9 Å². The average Bonchev–Trinajstić information content (AvgIpc) is 2.60. The van der Waals surface area contributed by atoms with E-state index in [1.807, 2.05) is 0 Å². The summed E-state index contributed by atoms with van der Waals surface area (Å²) in [7, 11) is -2.61. The van der Waals surface area contributed by atoms with Crippen molar-refractivity contribution in [2.75, 3.05) is 13.7 Å². The number of sulfonamides is 1. The van der Waals surface area contributed by atoms with Crippen LogP contribution in [-0.4, -0.2) is 38.8 Å². The van der Waals surface area contributed by atoms with Crippen molar-refractivity contribution >= 4 is 33.5 Å². The molecular weight excluding hydrogens is 399 g/mol. The third kappa shape index (κ3) is 5.75. The van der Waals surface area contributed by atoms with Crippen molar-refractivity contribution < 1.29 is 27.1 Å². The Morgan fingerprint density at radius 3 is 2.41 bits per heavy atom. The monoisotopic (exact) mass is 414 g/mol. The second-order valence-corrected chi connectivity index (χ2v) is 7.58. The second-order valence-electron chi connectivity index (χ2n) is 5.64. The summed E-state index contributed by atoms with van der Waals surface area (Å²) in [5.74, 6) is -1.78. The van der Waals surface area contributed by atoms with Gasteiger partial charge in [0.15, 0.2) is 6.61 Å². The van der Waals surface area contributed by atoms with Gasteiger partial charge >= 0.3 is 5.97 Å². The largest absolute Gasteiger partial charge is 0.452 e. The Labute approximate surface area is 160 Å². The molecule has 27 heavy (non-hydrogen) atoms. The molecule has 0 radical (unpaired) electrons. The first kappa shape index (κ1) is 20.8. The Bertz CT molecular complexity index is 964. The molecule has 2 N–H and O–H groups in total. The van der Waals surface area contributed by atoms with Gasteiger partial charge in [-0.3, -0.25) is 4.79 Å². The Balaban J connectivity index is 1.98. The molecule has 0 saturated heterocycles. The first-order valence-electron chi connectivity index (χ1n) is 7.56. The number of amides is 1. The summed E-state index contributed by atoms with van der Waals surface area (Å²) >= 11 is 5.75. The van der Waals surface area contributed by atoms with Crippen LogP contribution in [0.3, 0.4) is 0 Å². The maximum absolute atomic E-state index is 12.9. The fraction of sp³-hybridized carbons (Fsp3) is 0.176. The topological polar surface area (TPSA) is 107 Å². The molecule has 0 aromatic heterocycles. The number of ether oxygens (including phenoxy) is 1. The number of hydrogen-bond donors (Lipinski definition) is 1. The summed E-state index contributed by atoms with van der Waals surface area (Å²) in [5, 5.41) is 4.89. The summed E-state index contributed by atoms with van der Waals surface area (Å²) in [5.41, 5.74) is 0.589. The van der Waals surface area contributed by atoms with Gasteiger partial charge in [-0.25, -0.2) is 22.7 Å². The number of hydrogen-bond acceptors (Lipinski definition) is 5. The van der Waals surface area contributed by atoms with Gasteiger partial charge in [-0.1, -0.05) is 23.7 Å². The second kappa shape index (κ2) is 8.47. The minimum absolute atomic E-state index is 0.114. The highest BCUT2D eigenvalue weighted by Crippen LogP contribution is 2.21. The minimum Gasteiger partial charge on any atom is -0.452 e. The van der Waals surface area contributed by atoms with Crippen LogP contribution in [0.2, 0.25) is 5.02 Å². The molecule has 2 aromatic carbocycles. The number of esters is 1. The Hall–Kier alpha value is -2.49. The fourth-order valence-corrected chi connectivity index (χ4v) is 3.19. The van der Waals surface area contributed by atoms with E-state index in [0.29, 0.717) is 5.56 Å². The van der Waals surface area contributed by atoms with Gasteiger partial charge in [-0.05, 0) is 35.9 Å². The van der Waals surface area contributed by atoms with E-state index < -0.39 is 33.4 Å². The van der Waals surface area contributed by atoms with Crippen LogP contribution in [0.5, 0.6) is 0 Å². The number of rotatable bonds is 6. The van der Waals surface area contributed by atoms with Crippen molar-refractivity contribution in [2.24, 2.45) is 5.14 Å². The Morgan fingerprint density at radius 2 is 1.81 bits per heavy atom. The average molecular weight is 415 g/mol. The number of carbonyl (C=O) groups is 2. The molecule has 0 bridgehead atoms. The van der Waals surface area contributed by atoms with Crippen molar-refractivity contribution in [3.63, 3.8) is 0 Å². The van der Waals surface area contributed by atoms with Crippen molar-refractivity contribution in [2.45, 2.75) is 11.4 Å². The van der Waals surface area contributed by atoms with Crippen molar-refractivity contribution in [1.29, 1.82) is 0 Å². The maximum atomic E-state index is 12.9. The molecule has 0 saturated carbocycles. The molecule has 0 aliphatic carbocycles. The van der Waals surface area contributed by atoms with Crippen LogP contribution in [0.25, 0.3) is 0 Å². The van der Waals surface area contributed by atoms with E-state index in [0.717, 1.165) is 6.07 Å². The first-order valence-corrected chi connectivity index (χ1v) is 9.48. The normalized spacial score (nSPS) is 11.1. The maximum Gasteiger partial charge on any atom is 0.338 e. The Morgan fingerprint density at radius 1 is 1.19 bits per heavy atom. The van der Waals surface area contributed by atoms with Crippen LogP contribution < -0.4 is 5.14 Å². The van der Waals surface area contributed by atoms with E-state index in [9.17, 15) is 22.4 Å². The fourth-order valence-electron chi connectivity index (χ4n) is 2.12. The molecule has 0 aliphatic rings. The highest BCUT2D eigenvalue weighted by atomic mass is 35.5. The molecule has 0 heterocycles. The van der Waals surface area contributed by atoms with Crippen LogP contribution in [-0.2, 0) is 26.1 Å². The molecular formula is C17H16ClFN2O5S. The summed E-state index contributed by atoms with van der Waals surface area (Å²) in [6, 6.07) is 9.05. The van der Waals surface area contributed by atoms with Crippen molar-refractivity contribution in [3.8, 4) is 0 Å². The van der Waals surface area contributed by atoms with Gasteiger partial charge in [0.2, 0.25) is 10.0 Å². The molecule has 2 aromatic rings. The number of likely N-dealkylation sites (N-methyl/N-ethyl adjacent to an activating group) is 1. The molecule has 0 fully saturated rings. The summed E-state index contributed by atoms with van der Waals surface area (Å²) in [6.07, 6.45) is 0. The lowest BCUT2D eigenvalue weighted by molar-refractivity contribution is -0.133. The quantitative estimate of drug-likeness (QED) is 0.727. The highest BCUT2D eigenvalue weighted by molar-refractivity contribution is 7.89. The standard InChI is InChI=1S/C17H16ClFN2O5S/c1-21(9-11-2-5-13(19)6-3-11)16(22)10-26-17(23)12-4-7-14(18)15(8-12)27(20,24)25/h2-8H,9-10H2,1H3,(H2,20,24,25). The summed E-state index contributed by atoms with van der Waals surface area (Å²) in [4.78, 5) is 25.0. The minimum atomic E-state index is -4.11. The van der Waals surface area contributed by atoms with Gasteiger partial charge in [-0.15, -0.1) is 0 Å². The van der Waals surface area contributed by atoms with Crippen molar-refractivity contribution in [1.82, 2.24) is 4.90 Å². The van der Waals surface area contributed by atoms with E-state index in [-0.39, 0.29) is 22.9 Å². The zero-order valence-corrected chi connectivity index (χ0v) is 15.8. The predicted molar refractivity (Wildman–Crippen MR) is 96.0 cm³/mol.